The third-order valence-corrected chi connectivity index (χ3v) is 5.48. The Balaban J connectivity index is 1.95. The van der Waals surface area contributed by atoms with Gasteiger partial charge >= 0.3 is 5.97 Å². The van der Waals surface area contributed by atoms with Crippen LogP contribution in [-0.2, 0) is 16.1 Å². The Labute approximate surface area is 168 Å². The van der Waals surface area contributed by atoms with Gasteiger partial charge in [-0.3, -0.25) is 19.7 Å². The Morgan fingerprint density at radius 3 is 2.41 bits per heavy atom. The molecule has 2 N–H and O–H groups in total. The molecule has 7 nitrogen and oxygen atoms in total. The Morgan fingerprint density at radius 1 is 1.17 bits per heavy atom. The topological polar surface area (TPSA) is 110 Å². The van der Waals surface area contributed by atoms with Crippen molar-refractivity contribution in [2.45, 2.75) is 32.2 Å². The minimum Gasteiger partial charge on any atom is -0.480 e. The number of nitro benzene ring substituents is 1. The van der Waals surface area contributed by atoms with E-state index in [0.29, 0.717) is 12.0 Å². The van der Waals surface area contributed by atoms with Crippen molar-refractivity contribution < 1.29 is 19.6 Å². The third kappa shape index (κ3) is 4.03. The molecule has 0 aliphatic heterocycles. The number of rotatable bonds is 6. The van der Waals surface area contributed by atoms with Gasteiger partial charge in [0.05, 0.1) is 4.92 Å². The summed E-state index contributed by atoms with van der Waals surface area (Å²) in [6, 6.07) is 15.0. The van der Waals surface area contributed by atoms with Gasteiger partial charge in [-0.25, -0.2) is 0 Å². The molecular formula is C22H22N2O5. The number of amides is 1. The van der Waals surface area contributed by atoms with Crippen molar-refractivity contribution in [3.63, 3.8) is 0 Å². The Hall–Kier alpha value is -3.48. The van der Waals surface area contributed by atoms with Crippen LogP contribution in [0.15, 0.2) is 66.2 Å². The van der Waals surface area contributed by atoms with Crippen LogP contribution >= 0.6 is 0 Å². The van der Waals surface area contributed by atoms with Crippen LogP contribution in [-0.4, -0.2) is 21.9 Å². The van der Waals surface area contributed by atoms with Crippen molar-refractivity contribution in [1.82, 2.24) is 5.32 Å². The number of nitro groups is 1. The highest BCUT2D eigenvalue weighted by Crippen LogP contribution is 2.47. The number of carbonyl (C=O) groups is 2. The summed E-state index contributed by atoms with van der Waals surface area (Å²) in [6.07, 6.45) is 2.25. The van der Waals surface area contributed by atoms with Crippen LogP contribution in [0.2, 0.25) is 0 Å². The van der Waals surface area contributed by atoms with E-state index in [0.717, 1.165) is 11.1 Å². The second kappa shape index (κ2) is 8.26. The number of carbonyl (C=O) groups excluding carboxylic acids is 1. The molecule has 0 fully saturated rings. The van der Waals surface area contributed by atoms with Crippen LogP contribution in [0, 0.1) is 15.5 Å². The summed E-state index contributed by atoms with van der Waals surface area (Å²) in [6.45, 7) is 2.12. The Kier molecular flexibility index (Phi) is 5.77. The molecule has 1 aliphatic rings. The second-order valence-electron chi connectivity index (χ2n) is 7.30. The fraction of sp³-hybridized carbons (Fsp3) is 0.273. The van der Waals surface area contributed by atoms with Gasteiger partial charge in [0.2, 0.25) is 5.91 Å². The zero-order chi connectivity index (χ0) is 21.0. The largest absolute Gasteiger partial charge is 0.480 e. The zero-order valence-electron chi connectivity index (χ0n) is 16.0. The summed E-state index contributed by atoms with van der Waals surface area (Å²) in [5, 5.41) is 23.8. The number of hydrogen-bond donors (Lipinski definition) is 2. The number of carboxylic acids is 1. The van der Waals surface area contributed by atoms with Gasteiger partial charge in [-0.05, 0) is 30.9 Å². The number of allylic oxidation sites excluding steroid dienone is 2. The molecule has 0 saturated carbocycles. The first-order valence-corrected chi connectivity index (χ1v) is 9.30. The van der Waals surface area contributed by atoms with Crippen LogP contribution < -0.4 is 5.32 Å². The zero-order valence-corrected chi connectivity index (χ0v) is 16.0. The number of nitrogens with one attached hydrogen (secondary N) is 1. The van der Waals surface area contributed by atoms with Gasteiger partial charge in [0, 0.05) is 24.6 Å². The van der Waals surface area contributed by atoms with Crippen LogP contribution in [0.5, 0.6) is 0 Å². The fourth-order valence-corrected chi connectivity index (χ4v) is 3.81. The summed E-state index contributed by atoms with van der Waals surface area (Å²) in [5.74, 6) is -2.38. The van der Waals surface area contributed by atoms with Gasteiger partial charge in [-0.1, -0.05) is 54.1 Å². The molecule has 2 atom stereocenters. The summed E-state index contributed by atoms with van der Waals surface area (Å²) < 4.78 is 0. The van der Waals surface area contributed by atoms with Crippen molar-refractivity contribution in [3.8, 4) is 0 Å². The molecule has 0 aromatic heterocycles. The highest BCUT2D eigenvalue weighted by atomic mass is 16.6. The van der Waals surface area contributed by atoms with Crippen LogP contribution in [0.25, 0.3) is 0 Å². The van der Waals surface area contributed by atoms with Crippen LogP contribution in [0.1, 0.15) is 36.8 Å². The predicted octanol–water partition coefficient (Wildman–Crippen LogP) is 3.81. The summed E-state index contributed by atoms with van der Waals surface area (Å²) in [4.78, 5) is 36.0. The maximum atomic E-state index is 13.2. The first-order valence-electron chi connectivity index (χ1n) is 9.30. The maximum absolute atomic E-state index is 13.2. The summed E-state index contributed by atoms with van der Waals surface area (Å²) in [5.41, 5.74) is 0.702. The molecule has 1 amide bonds. The number of benzene rings is 2. The van der Waals surface area contributed by atoms with Gasteiger partial charge in [0.1, 0.15) is 0 Å². The summed E-state index contributed by atoms with van der Waals surface area (Å²) in [7, 11) is 0. The molecular weight excluding hydrogens is 372 g/mol. The molecule has 2 aromatic carbocycles. The minimum absolute atomic E-state index is 0.0659. The lowest BCUT2D eigenvalue weighted by atomic mass is 9.63. The first kappa shape index (κ1) is 20.3. The predicted molar refractivity (Wildman–Crippen MR) is 107 cm³/mol. The average Bonchev–Trinajstić information content (AvgIpc) is 2.72. The third-order valence-electron chi connectivity index (χ3n) is 5.48. The van der Waals surface area contributed by atoms with E-state index in [2.05, 4.69) is 5.32 Å². The smallest absolute Gasteiger partial charge is 0.320 e. The van der Waals surface area contributed by atoms with Crippen LogP contribution in [0.3, 0.4) is 0 Å². The second-order valence-corrected chi connectivity index (χ2v) is 7.30. The molecule has 29 heavy (non-hydrogen) atoms. The Bertz CT molecular complexity index is 953. The van der Waals surface area contributed by atoms with E-state index in [1.807, 2.05) is 37.3 Å². The number of hydrogen-bond acceptors (Lipinski definition) is 4. The first-order chi connectivity index (χ1) is 13.8. The van der Waals surface area contributed by atoms with E-state index in [9.17, 15) is 24.8 Å². The number of non-ortho nitro benzene ring substituents is 1. The van der Waals surface area contributed by atoms with Crippen molar-refractivity contribution >= 4 is 17.6 Å². The lowest BCUT2D eigenvalue weighted by molar-refractivity contribution is -0.384. The average molecular weight is 394 g/mol. The quantitative estimate of drug-likeness (QED) is 0.335. The number of nitrogens with zero attached hydrogens (tertiary/aromatic N) is 1. The monoisotopic (exact) mass is 394 g/mol. The van der Waals surface area contributed by atoms with E-state index >= 15 is 0 Å². The van der Waals surface area contributed by atoms with Gasteiger partial charge in [-0.15, -0.1) is 0 Å². The van der Waals surface area contributed by atoms with Crippen molar-refractivity contribution in [1.29, 1.82) is 0 Å². The summed E-state index contributed by atoms with van der Waals surface area (Å²) >= 11 is 0. The molecule has 150 valence electrons. The van der Waals surface area contributed by atoms with Gasteiger partial charge in [0.25, 0.3) is 5.69 Å². The minimum atomic E-state index is -1.68. The maximum Gasteiger partial charge on any atom is 0.320 e. The van der Waals surface area contributed by atoms with E-state index < -0.39 is 28.1 Å². The van der Waals surface area contributed by atoms with Crippen molar-refractivity contribution in [3.05, 3.63) is 87.5 Å². The standard InChI is InChI=1S/C22H22N2O5/c1-15-11-12-22(21(26)27,20(25)23-14-16-5-3-2-4-6-16)19(13-15)17-7-9-18(10-8-17)24(28)29/h2-11,19H,12-14H2,1H3,(H,23,25)(H,26,27)/t19-,22+/m0/s1. The van der Waals surface area contributed by atoms with Crippen LogP contribution in [0.4, 0.5) is 5.69 Å². The van der Waals surface area contributed by atoms with Crippen molar-refractivity contribution in [2.75, 3.05) is 0 Å². The highest BCUT2D eigenvalue weighted by molar-refractivity contribution is 6.03. The number of aliphatic carboxylic acids is 1. The van der Waals surface area contributed by atoms with Gasteiger partial charge in [0.15, 0.2) is 5.41 Å². The van der Waals surface area contributed by atoms with E-state index in [-0.39, 0.29) is 18.7 Å². The van der Waals surface area contributed by atoms with Gasteiger partial charge in [-0.2, -0.15) is 0 Å². The molecule has 0 unspecified atom stereocenters. The molecule has 0 bridgehead atoms. The molecule has 3 rings (SSSR count). The van der Waals surface area contributed by atoms with Gasteiger partial charge < -0.3 is 10.4 Å². The normalized spacial score (nSPS) is 21.1. The highest BCUT2D eigenvalue weighted by Gasteiger charge is 2.53. The van der Waals surface area contributed by atoms with E-state index in [4.69, 9.17) is 0 Å². The molecule has 0 heterocycles. The lowest BCUT2D eigenvalue weighted by Gasteiger charge is -2.38. The SMILES string of the molecule is CC1=CC[C@](C(=O)O)(C(=O)NCc2ccccc2)[C@H](c2ccc([N+](=O)[O-])cc2)C1. The van der Waals surface area contributed by atoms with E-state index in [1.165, 1.54) is 12.1 Å². The molecule has 0 radical (unpaired) electrons. The molecule has 7 heteroatoms. The Morgan fingerprint density at radius 2 is 1.83 bits per heavy atom. The molecule has 0 spiro atoms. The van der Waals surface area contributed by atoms with E-state index in [1.54, 1.807) is 18.2 Å². The fourth-order valence-electron chi connectivity index (χ4n) is 3.81. The lowest BCUT2D eigenvalue weighted by Crippen LogP contribution is -2.51. The molecule has 2 aromatic rings. The van der Waals surface area contributed by atoms with Crippen molar-refractivity contribution in [2.24, 2.45) is 5.41 Å². The number of carboxylic acid groups (broad SMARTS) is 1. The molecule has 1 aliphatic carbocycles. The molecule has 0 saturated heterocycles.